The molecule has 0 atom stereocenters. The summed E-state index contributed by atoms with van der Waals surface area (Å²) in [6, 6.07) is 5.54. The average molecular weight is 335 g/mol. The molecule has 0 bridgehead atoms. The lowest BCUT2D eigenvalue weighted by molar-refractivity contribution is -0.121. The molecule has 2 N–H and O–H groups in total. The molecule has 0 saturated carbocycles. The van der Waals surface area contributed by atoms with Gasteiger partial charge in [0.15, 0.2) is 0 Å². The van der Waals surface area contributed by atoms with E-state index >= 15 is 0 Å². The van der Waals surface area contributed by atoms with Crippen LogP contribution in [0.25, 0.3) is 0 Å². The summed E-state index contributed by atoms with van der Waals surface area (Å²) in [4.78, 5) is 28.2. The van der Waals surface area contributed by atoms with Crippen LogP contribution in [0.3, 0.4) is 0 Å². The van der Waals surface area contributed by atoms with E-state index in [1.165, 1.54) is 10.4 Å². The summed E-state index contributed by atoms with van der Waals surface area (Å²) < 4.78 is 0. The smallest absolute Gasteiger partial charge is 0.321 e. The second-order valence-electron chi connectivity index (χ2n) is 5.14. The Balaban J connectivity index is 1.42. The normalized spacial score (nSPS) is 14.4. The second-order valence-corrected chi connectivity index (χ2v) is 7.17. The van der Waals surface area contributed by atoms with Gasteiger partial charge in [0.2, 0.25) is 5.91 Å². The van der Waals surface area contributed by atoms with Crippen LogP contribution in [-0.2, 0) is 24.3 Å². The number of carbonyl (C=O) groups excluding carboxylic acids is 2. The maximum atomic E-state index is 11.9. The Morgan fingerprint density at radius 3 is 2.95 bits per heavy atom. The number of fused-ring (bicyclic) bond motifs is 1. The molecule has 1 aliphatic heterocycles. The van der Waals surface area contributed by atoms with Gasteiger partial charge in [-0.15, -0.1) is 22.7 Å². The van der Waals surface area contributed by atoms with Gasteiger partial charge in [0.25, 0.3) is 0 Å². The molecule has 2 aromatic heterocycles. The van der Waals surface area contributed by atoms with Crippen molar-refractivity contribution in [3.8, 4) is 0 Å². The van der Waals surface area contributed by atoms with E-state index in [1.54, 1.807) is 22.7 Å². The molecule has 5 nitrogen and oxygen atoms in total. The Kier molecular flexibility index (Phi) is 4.87. The van der Waals surface area contributed by atoms with Crippen LogP contribution < -0.4 is 10.6 Å². The molecule has 7 heteroatoms. The molecule has 116 valence electrons. The standard InChI is InChI=1S/C15H17N3O2S2/c19-14(17-15(20)16-8-12-2-1-6-21-12)10-18-5-3-13-11(9-18)4-7-22-13/h1-2,4,6-7H,3,5,8-10H2,(H2,16,17,19,20). The van der Waals surface area contributed by atoms with E-state index in [0.29, 0.717) is 6.54 Å². The van der Waals surface area contributed by atoms with E-state index < -0.39 is 6.03 Å². The van der Waals surface area contributed by atoms with Gasteiger partial charge < -0.3 is 5.32 Å². The fourth-order valence-electron chi connectivity index (χ4n) is 2.44. The summed E-state index contributed by atoms with van der Waals surface area (Å²) in [7, 11) is 0. The molecule has 0 fully saturated rings. The van der Waals surface area contributed by atoms with Crippen LogP contribution in [0.4, 0.5) is 4.79 Å². The van der Waals surface area contributed by atoms with E-state index in [-0.39, 0.29) is 12.5 Å². The number of amides is 3. The van der Waals surface area contributed by atoms with Gasteiger partial charge in [0.05, 0.1) is 13.1 Å². The molecule has 0 aromatic carbocycles. The van der Waals surface area contributed by atoms with Crippen LogP contribution in [0.1, 0.15) is 15.3 Å². The Bertz CT molecular complexity index is 652. The third-order valence-electron chi connectivity index (χ3n) is 3.51. The summed E-state index contributed by atoms with van der Waals surface area (Å²) >= 11 is 3.34. The summed E-state index contributed by atoms with van der Waals surface area (Å²) in [6.07, 6.45) is 0.977. The van der Waals surface area contributed by atoms with Gasteiger partial charge in [0, 0.05) is 22.8 Å². The number of nitrogens with one attached hydrogen (secondary N) is 2. The zero-order chi connectivity index (χ0) is 15.4. The minimum Gasteiger partial charge on any atom is -0.333 e. The van der Waals surface area contributed by atoms with Gasteiger partial charge in [-0.25, -0.2) is 4.79 Å². The molecule has 3 amide bonds. The first kappa shape index (κ1) is 15.2. The van der Waals surface area contributed by atoms with Gasteiger partial charge in [-0.05, 0) is 34.9 Å². The Labute approximate surface area is 137 Å². The fourth-order valence-corrected chi connectivity index (χ4v) is 3.97. The van der Waals surface area contributed by atoms with Crippen molar-refractivity contribution < 1.29 is 9.59 Å². The number of hydrogen-bond donors (Lipinski definition) is 2. The number of thiophene rings is 2. The molecule has 1 aliphatic rings. The van der Waals surface area contributed by atoms with Crippen molar-refractivity contribution in [2.24, 2.45) is 0 Å². The zero-order valence-corrected chi connectivity index (χ0v) is 13.6. The highest BCUT2D eigenvalue weighted by Crippen LogP contribution is 2.23. The molecule has 2 aromatic rings. The van der Waals surface area contributed by atoms with Crippen LogP contribution in [0.5, 0.6) is 0 Å². The van der Waals surface area contributed by atoms with E-state index in [9.17, 15) is 9.59 Å². The van der Waals surface area contributed by atoms with Crippen molar-refractivity contribution in [2.45, 2.75) is 19.5 Å². The largest absolute Gasteiger partial charge is 0.333 e. The zero-order valence-electron chi connectivity index (χ0n) is 12.0. The van der Waals surface area contributed by atoms with Crippen LogP contribution in [0.15, 0.2) is 29.0 Å². The van der Waals surface area contributed by atoms with Crippen LogP contribution in [0, 0.1) is 0 Å². The van der Waals surface area contributed by atoms with Crippen molar-refractivity contribution in [3.63, 3.8) is 0 Å². The highest BCUT2D eigenvalue weighted by molar-refractivity contribution is 7.10. The number of rotatable bonds is 4. The maximum absolute atomic E-state index is 11.9. The first-order chi connectivity index (χ1) is 10.7. The lowest BCUT2D eigenvalue weighted by Crippen LogP contribution is -2.45. The maximum Gasteiger partial charge on any atom is 0.321 e. The average Bonchev–Trinajstić information content (AvgIpc) is 3.15. The van der Waals surface area contributed by atoms with E-state index in [2.05, 4.69) is 27.0 Å². The quantitative estimate of drug-likeness (QED) is 0.900. The molecule has 0 spiro atoms. The van der Waals surface area contributed by atoms with Crippen molar-refractivity contribution in [2.75, 3.05) is 13.1 Å². The highest BCUT2D eigenvalue weighted by Gasteiger charge is 2.19. The number of carbonyl (C=O) groups is 2. The van der Waals surface area contributed by atoms with E-state index in [1.807, 2.05) is 17.5 Å². The minimum atomic E-state index is -0.438. The lowest BCUT2D eigenvalue weighted by atomic mass is 10.1. The predicted molar refractivity (Wildman–Crippen MR) is 88.0 cm³/mol. The molecule has 22 heavy (non-hydrogen) atoms. The Morgan fingerprint density at radius 2 is 2.14 bits per heavy atom. The molecular formula is C15H17N3O2S2. The van der Waals surface area contributed by atoms with Gasteiger partial charge in [-0.3, -0.25) is 15.0 Å². The Morgan fingerprint density at radius 1 is 1.23 bits per heavy atom. The van der Waals surface area contributed by atoms with Gasteiger partial charge >= 0.3 is 6.03 Å². The van der Waals surface area contributed by atoms with Crippen LogP contribution in [-0.4, -0.2) is 29.9 Å². The number of imide groups is 1. The van der Waals surface area contributed by atoms with Crippen molar-refractivity contribution in [1.29, 1.82) is 0 Å². The van der Waals surface area contributed by atoms with Crippen LogP contribution >= 0.6 is 22.7 Å². The summed E-state index contributed by atoms with van der Waals surface area (Å²) in [5.74, 6) is -0.262. The second kappa shape index (κ2) is 7.04. The van der Waals surface area contributed by atoms with E-state index in [0.717, 1.165) is 24.4 Å². The third kappa shape index (κ3) is 3.94. The summed E-state index contributed by atoms with van der Waals surface area (Å²) in [6.45, 7) is 2.33. The van der Waals surface area contributed by atoms with Gasteiger partial charge in [-0.1, -0.05) is 6.07 Å². The number of hydrogen-bond acceptors (Lipinski definition) is 5. The van der Waals surface area contributed by atoms with Gasteiger partial charge in [0.1, 0.15) is 0 Å². The first-order valence-corrected chi connectivity index (χ1v) is 8.84. The molecule has 3 rings (SSSR count). The molecule has 0 aliphatic carbocycles. The van der Waals surface area contributed by atoms with Gasteiger partial charge in [-0.2, -0.15) is 0 Å². The fraction of sp³-hybridized carbons (Fsp3) is 0.333. The van der Waals surface area contributed by atoms with E-state index in [4.69, 9.17) is 0 Å². The van der Waals surface area contributed by atoms with Crippen molar-refractivity contribution in [3.05, 3.63) is 44.3 Å². The monoisotopic (exact) mass is 335 g/mol. The third-order valence-corrected chi connectivity index (χ3v) is 5.41. The summed E-state index contributed by atoms with van der Waals surface area (Å²) in [5.41, 5.74) is 1.30. The molecule has 0 unspecified atom stereocenters. The molecule has 3 heterocycles. The minimum absolute atomic E-state index is 0.252. The lowest BCUT2D eigenvalue weighted by Gasteiger charge is -2.25. The van der Waals surface area contributed by atoms with Crippen LogP contribution in [0.2, 0.25) is 0 Å². The molecule has 0 radical (unpaired) electrons. The van der Waals surface area contributed by atoms with Crippen molar-refractivity contribution in [1.82, 2.24) is 15.5 Å². The van der Waals surface area contributed by atoms with Crippen molar-refractivity contribution >= 4 is 34.6 Å². The molecule has 0 saturated heterocycles. The number of urea groups is 1. The highest BCUT2D eigenvalue weighted by atomic mass is 32.1. The Hall–Kier alpha value is -1.70. The predicted octanol–water partition coefficient (Wildman–Crippen LogP) is 2.19. The molecular weight excluding hydrogens is 318 g/mol. The topological polar surface area (TPSA) is 61.4 Å². The summed E-state index contributed by atoms with van der Waals surface area (Å²) in [5, 5.41) is 9.11. The number of nitrogens with zero attached hydrogens (tertiary/aromatic N) is 1. The first-order valence-electron chi connectivity index (χ1n) is 7.08. The SMILES string of the molecule is O=C(CN1CCc2sccc2C1)NC(=O)NCc1cccs1.